The number of rotatable bonds is 7. The van der Waals surface area contributed by atoms with Gasteiger partial charge in [0.15, 0.2) is 0 Å². The number of hydrogen-bond donors (Lipinski definition) is 2. The van der Waals surface area contributed by atoms with Crippen LogP contribution in [0.4, 0.5) is 0 Å². The van der Waals surface area contributed by atoms with Crippen molar-refractivity contribution in [3.05, 3.63) is 163 Å². The average Bonchev–Trinajstić information content (AvgIpc) is 2.96. The molecule has 5 rings (SSSR count). The van der Waals surface area contributed by atoms with Crippen LogP contribution in [0.15, 0.2) is 158 Å². The lowest BCUT2D eigenvalue weighted by Gasteiger charge is -2.18. The van der Waals surface area contributed by atoms with Crippen molar-refractivity contribution in [2.45, 2.75) is 6.92 Å². The van der Waals surface area contributed by atoms with E-state index in [0.29, 0.717) is 5.57 Å². The van der Waals surface area contributed by atoms with Gasteiger partial charge in [0.25, 0.3) is 0 Å². The first kappa shape index (κ1) is 25.6. The number of benzene rings is 5. The first-order valence-corrected chi connectivity index (χ1v) is 12.9. The highest BCUT2D eigenvalue weighted by Gasteiger charge is 2.16. The molecule has 0 aliphatic heterocycles. The first-order valence-electron chi connectivity index (χ1n) is 12.9. The predicted molar refractivity (Wildman–Crippen MR) is 168 cm³/mol. The lowest BCUT2D eigenvalue weighted by atomic mass is 9.85. The van der Waals surface area contributed by atoms with E-state index in [2.05, 4.69) is 104 Å². The zero-order valence-electron chi connectivity index (χ0n) is 21.9. The largest absolute Gasteiger partial charge is 0.509 e. The van der Waals surface area contributed by atoms with Gasteiger partial charge in [-0.15, -0.1) is 0 Å². The standard InChI is InChI=1S/C37H30O2/c1-25(35(39)23-20-27(3)38)12-4-5-13-26(2)36-31-16-8-10-18-33(31)37(34-19-11-9-17-32(34)36)30-22-21-28-14-6-7-15-29(28)24-30/h4-24,38-39H,2-3H2,1H3/b12-4?,13-5-,23-20-,35-25?. The molecule has 0 radical (unpaired) electrons. The molecule has 0 aromatic heterocycles. The minimum absolute atomic E-state index is 0.0648. The van der Waals surface area contributed by atoms with Crippen LogP contribution in [0.3, 0.4) is 0 Å². The van der Waals surface area contributed by atoms with Crippen molar-refractivity contribution in [2.75, 3.05) is 0 Å². The van der Waals surface area contributed by atoms with Crippen LogP contribution in [0, 0.1) is 0 Å². The Bertz CT molecular complexity index is 1800. The maximum absolute atomic E-state index is 10.1. The van der Waals surface area contributed by atoms with E-state index in [4.69, 9.17) is 0 Å². The van der Waals surface area contributed by atoms with E-state index in [0.717, 1.165) is 21.9 Å². The SMILES string of the molecule is C=C(O)/C=C\C(O)=C(C)C=C/C=C\C(=C)c1c2ccccc2c(-c2ccc3ccccc3c2)c2ccccc12. The third kappa shape index (κ3) is 5.32. The van der Waals surface area contributed by atoms with Crippen molar-refractivity contribution < 1.29 is 10.2 Å². The minimum Gasteiger partial charge on any atom is -0.509 e. The third-order valence-corrected chi connectivity index (χ3v) is 6.88. The molecule has 0 fully saturated rings. The summed E-state index contributed by atoms with van der Waals surface area (Å²) in [5.74, 6) is -0.0458. The molecular weight excluding hydrogens is 476 g/mol. The Labute approximate surface area is 229 Å². The second-order valence-corrected chi connectivity index (χ2v) is 9.54. The van der Waals surface area contributed by atoms with Crippen molar-refractivity contribution in [2.24, 2.45) is 0 Å². The van der Waals surface area contributed by atoms with Crippen LogP contribution >= 0.6 is 0 Å². The van der Waals surface area contributed by atoms with Gasteiger partial charge in [0, 0.05) is 0 Å². The highest BCUT2D eigenvalue weighted by molar-refractivity contribution is 6.19. The number of hydrogen-bond acceptors (Lipinski definition) is 2. The Morgan fingerprint density at radius 2 is 1.18 bits per heavy atom. The number of allylic oxidation sites excluding steroid dienone is 8. The van der Waals surface area contributed by atoms with Gasteiger partial charge in [-0.3, -0.25) is 0 Å². The van der Waals surface area contributed by atoms with Gasteiger partial charge in [-0.2, -0.15) is 0 Å². The molecule has 2 nitrogen and oxygen atoms in total. The Hall–Kier alpha value is -5.08. The van der Waals surface area contributed by atoms with E-state index >= 15 is 0 Å². The second-order valence-electron chi connectivity index (χ2n) is 9.54. The van der Waals surface area contributed by atoms with Crippen LogP contribution in [-0.2, 0) is 0 Å². The Balaban J connectivity index is 1.60. The van der Waals surface area contributed by atoms with Crippen LogP contribution in [0.5, 0.6) is 0 Å². The van der Waals surface area contributed by atoms with Gasteiger partial charge < -0.3 is 10.2 Å². The molecule has 0 bridgehead atoms. The van der Waals surface area contributed by atoms with Crippen LogP contribution in [-0.4, -0.2) is 10.2 Å². The van der Waals surface area contributed by atoms with E-state index in [1.54, 1.807) is 6.92 Å². The zero-order chi connectivity index (χ0) is 27.4. The van der Waals surface area contributed by atoms with Gasteiger partial charge in [0.1, 0.15) is 11.5 Å². The van der Waals surface area contributed by atoms with Gasteiger partial charge in [-0.1, -0.05) is 122 Å². The maximum Gasteiger partial charge on any atom is 0.118 e. The molecule has 2 N–H and O–H groups in total. The smallest absolute Gasteiger partial charge is 0.118 e. The first-order chi connectivity index (χ1) is 18.9. The minimum atomic E-state index is -0.111. The molecule has 0 aliphatic carbocycles. The summed E-state index contributed by atoms with van der Waals surface area (Å²) in [7, 11) is 0. The normalized spacial score (nSPS) is 12.7. The Morgan fingerprint density at radius 1 is 0.615 bits per heavy atom. The summed E-state index contributed by atoms with van der Waals surface area (Å²) < 4.78 is 0. The van der Waals surface area contributed by atoms with E-state index in [1.807, 2.05) is 24.3 Å². The van der Waals surface area contributed by atoms with Crippen molar-refractivity contribution >= 4 is 37.9 Å². The molecule has 5 aromatic rings. The van der Waals surface area contributed by atoms with E-state index in [1.165, 1.54) is 44.8 Å². The van der Waals surface area contributed by atoms with Crippen molar-refractivity contribution in [3.8, 4) is 11.1 Å². The fraction of sp³-hybridized carbons (Fsp3) is 0.0270. The molecule has 5 aromatic carbocycles. The van der Waals surface area contributed by atoms with Crippen molar-refractivity contribution in [1.29, 1.82) is 0 Å². The molecule has 0 aliphatic rings. The number of fused-ring (bicyclic) bond motifs is 3. The lowest BCUT2D eigenvalue weighted by Crippen LogP contribution is -1.92. The summed E-state index contributed by atoms with van der Waals surface area (Å²) in [5.41, 5.74) is 5.09. The topological polar surface area (TPSA) is 40.5 Å². The van der Waals surface area contributed by atoms with Crippen molar-refractivity contribution in [1.82, 2.24) is 0 Å². The third-order valence-electron chi connectivity index (χ3n) is 6.88. The predicted octanol–water partition coefficient (Wildman–Crippen LogP) is 10.4. The molecule has 39 heavy (non-hydrogen) atoms. The van der Waals surface area contributed by atoms with Gasteiger partial charge in [-0.25, -0.2) is 0 Å². The highest BCUT2D eigenvalue weighted by atomic mass is 16.3. The summed E-state index contributed by atoms with van der Waals surface area (Å²) in [6.45, 7) is 9.62. The van der Waals surface area contributed by atoms with Crippen LogP contribution in [0.25, 0.3) is 49.0 Å². The molecule has 0 saturated heterocycles. The molecule has 2 heteroatoms. The summed E-state index contributed by atoms with van der Waals surface area (Å²) in [4.78, 5) is 0. The summed E-state index contributed by atoms with van der Waals surface area (Å²) >= 11 is 0. The van der Waals surface area contributed by atoms with E-state index in [9.17, 15) is 10.2 Å². The van der Waals surface area contributed by atoms with Gasteiger partial charge in [0.2, 0.25) is 0 Å². The number of aliphatic hydroxyl groups excluding tert-OH is 2. The summed E-state index contributed by atoms with van der Waals surface area (Å²) in [6.07, 6.45) is 10.4. The fourth-order valence-corrected chi connectivity index (χ4v) is 4.98. The molecule has 0 heterocycles. The molecule has 0 saturated carbocycles. The van der Waals surface area contributed by atoms with Crippen LogP contribution < -0.4 is 0 Å². The second kappa shape index (κ2) is 11.1. The van der Waals surface area contributed by atoms with Crippen LogP contribution in [0.1, 0.15) is 12.5 Å². The zero-order valence-corrected chi connectivity index (χ0v) is 21.9. The lowest BCUT2D eigenvalue weighted by molar-refractivity contribution is 0.420. The van der Waals surface area contributed by atoms with Crippen LogP contribution in [0.2, 0.25) is 0 Å². The fourth-order valence-electron chi connectivity index (χ4n) is 4.98. The summed E-state index contributed by atoms with van der Waals surface area (Å²) in [6, 6.07) is 32.2. The van der Waals surface area contributed by atoms with Gasteiger partial charge in [-0.05, 0) is 85.3 Å². The average molecular weight is 507 g/mol. The molecular formula is C37H30O2. The highest BCUT2D eigenvalue weighted by Crippen LogP contribution is 2.42. The summed E-state index contributed by atoms with van der Waals surface area (Å²) in [5, 5.41) is 26.4. The van der Waals surface area contributed by atoms with Gasteiger partial charge in [0.05, 0.1) is 0 Å². The molecule has 0 spiro atoms. The molecule has 0 unspecified atom stereocenters. The van der Waals surface area contributed by atoms with E-state index in [-0.39, 0.29) is 11.5 Å². The van der Waals surface area contributed by atoms with Gasteiger partial charge >= 0.3 is 0 Å². The van der Waals surface area contributed by atoms with E-state index < -0.39 is 0 Å². The Kier molecular flexibility index (Phi) is 7.29. The monoisotopic (exact) mass is 506 g/mol. The molecule has 190 valence electrons. The van der Waals surface area contributed by atoms with Crippen molar-refractivity contribution in [3.63, 3.8) is 0 Å². The molecule has 0 amide bonds. The quantitative estimate of drug-likeness (QED) is 0.131. The maximum atomic E-state index is 10.1. The Morgan fingerprint density at radius 3 is 1.82 bits per heavy atom. The number of aliphatic hydroxyl groups is 2. The molecule has 0 atom stereocenters.